The van der Waals surface area contributed by atoms with Crippen LogP contribution in [0.4, 0.5) is 0 Å². The van der Waals surface area contributed by atoms with E-state index in [0.29, 0.717) is 21.9 Å². The topological polar surface area (TPSA) is 72.2 Å². The zero-order valence-electron chi connectivity index (χ0n) is 11.9. The van der Waals surface area contributed by atoms with Gasteiger partial charge in [-0.25, -0.2) is 4.98 Å². The maximum Gasteiger partial charge on any atom is 0.313 e. The summed E-state index contributed by atoms with van der Waals surface area (Å²) in [4.78, 5) is 27.7. The number of hydrogen-bond donors (Lipinski definition) is 1. The van der Waals surface area contributed by atoms with Gasteiger partial charge >= 0.3 is 5.97 Å². The molecule has 0 fully saturated rings. The molecule has 0 spiro atoms. The van der Waals surface area contributed by atoms with Gasteiger partial charge in [0.15, 0.2) is 5.16 Å². The van der Waals surface area contributed by atoms with Crippen LogP contribution in [0.5, 0.6) is 0 Å². The molecule has 2 aromatic rings. The summed E-state index contributed by atoms with van der Waals surface area (Å²) in [5, 5.41) is 11.2. The Morgan fingerprint density at radius 1 is 1.43 bits per heavy atom. The molecule has 0 bridgehead atoms. The average Bonchev–Trinajstić information content (AvgIpc) is 2.92. The fourth-order valence-electron chi connectivity index (χ4n) is 2.05. The first-order valence-electron chi connectivity index (χ1n) is 6.96. The Morgan fingerprint density at radius 2 is 2.24 bits per heavy atom. The molecule has 0 aromatic carbocycles. The van der Waals surface area contributed by atoms with Crippen LogP contribution in [-0.2, 0) is 11.3 Å². The third kappa shape index (κ3) is 4.07. The largest absolute Gasteiger partial charge is 0.481 e. The molecule has 1 N–H and O–H groups in total. The number of carbonyl (C=O) groups is 1. The standard InChI is InChI=1S/C14H18N2O3S2/c1-2-3-4-5-7-16-13(19)12-10(6-8-20-12)15-14(16)21-9-11(17)18/h6,8H,2-5,7,9H2,1H3,(H,17,18). The lowest BCUT2D eigenvalue weighted by atomic mass is 10.2. The number of rotatable bonds is 8. The summed E-state index contributed by atoms with van der Waals surface area (Å²) in [7, 11) is 0. The van der Waals surface area contributed by atoms with E-state index < -0.39 is 5.97 Å². The molecule has 2 aromatic heterocycles. The number of nitrogens with zero attached hydrogens (tertiary/aromatic N) is 2. The molecule has 0 unspecified atom stereocenters. The number of unbranched alkanes of at least 4 members (excludes halogenated alkanes) is 3. The van der Waals surface area contributed by atoms with E-state index in [1.165, 1.54) is 11.3 Å². The lowest BCUT2D eigenvalue weighted by molar-refractivity contribution is -0.133. The van der Waals surface area contributed by atoms with Gasteiger partial charge in [0.2, 0.25) is 0 Å². The zero-order valence-corrected chi connectivity index (χ0v) is 13.5. The van der Waals surface area contributed by atoms with Crippen LogP contribution in [0, 0.1) is 0 Å². The fraction of sp³-hybridized carbons (Fsp3) is 0.500. The van der Waals surface area contributed by atoms with Gasteiger partial charge in [-0.2, -0.15) is 0 Å². The molecule has 2 heterocycles. The number of aromatic nitrogens is 2. The molecule has 7 heteroatoms. The van der Waals surface area contributed by atoms with Crippen molar-refractivity contribution in [1.82, 2.24) is 9.55 Å². The summed E-state index contributed by atoms with van der Waals surface area (Å²) in [5.74, 6) is -0.992. The van der Waals surface area contributed by atoms with E-state index in [-0.39, 0.29) is 11.3 Å². The minimum atomic E-state index is -0.905. The molecular formula is C14H18N2O3S2. The van der Waals surface area contributed by atoms with Gasteiger partial charge in [-0.15, -0.1) is 11.3 Å². The monoisotopic (exact) mass is 326 g/mol. The lowest BCUT2D eigenvalue weighted by Crippen LogP contribution is -2.23. The van der Waals surface area contributed by atoms with Gasteiger partial charge in [-0.1, -0.05) is 37.9 Å². The number of fused-ring (bicyclic) bond motifs is 1. The van der Waals surface area contributed by atoms with Crippen molar-refractivity contribution < 1.29 is 9.90 Å². The maximum atomic E-state index is 12.5. The highest BCUT2D eigenvalue weighted by atomic mass is 32.2. The van der Waals surface area contributed by atoms with E-state index in [4.69, 9.17) is 5.11 Å². The fourth-order valence-corrected chi connectivity index (χ4v) is 3.58. The second-order valence-electron chi connectivity index (χ2n) is 4.73. The number of carboxylic acid groups (broad SMARTS) is 1. The van der Waals surface area contributed by atoms with Crippen molar-refractivity contribution in [3.05, 3.63) is 21.8 Å². The number of hydrogen-bond acceptors (Lipinski definition) is 5. The minimum absolute atomic E-state index is 0.0561. The van der Waals surface area contributed by atoms with Crippen LogP contribution in [0.15, 0.2) is 21.4 Å². The van der Waals surface area contributed by atoms with E-state index in [1.807, 2.05) is 5.38 Å². The van der Waals surface area contributed by atoms with Crippen LogP contribution in [-0.4, -0.2) is 26.4 Å². The molecule has 0 aliphatic rings. The van der Waals surface area contributed by atoms with Crippen molar-refractivity contribution >= 4 is 39.3 Å². The van der Waals surface area contributed by atoms with E-state index in [9.17, 15) is 9.59 Å². The summed E-state index contributed by atoms with van der Waals surface area (Å²) < 4.78 is 2.27. The van der Waals surface area contributed by atoms with Gasteiger partial charge in [0.05, 0.1) is 11.3 Å². The van der Waals surface area contributed by atoms with Crippen molar-refractivity contribution in [3.8, 4) is 0 Å². The number of carboxylic acids is 1. The number of thioether (sulfide) groups is 1. The number of aliphatic carboxylic acids is 1. The summed E-state index contributed by atoms with van der Waals surface area (Å²) in [6.07, 6.45) is 4.25. The quantitative estimate of drug-likeness (QED) is 0.458. The maximum absolute atomic E-state index is 12.5. The van der Waals surface area contributed by atoms with Crippen LogP contribution in [0.2, 0.25) is 0 Å². The molecule has 114 valence electrons. The van der Waals surface area contributed by atoms with Gasteiger partial charge in [0.1, 0.15) is 4.70 Å². The number of thiophene rings is 1. The van der Waals surface area contributed by atoms with Gasteiger partial charge in [-0.05, 0) is 17.9 Å². The molecule has 0 radical (unpaired) electrons. The normalized spacial score (nSPS) is 11.1. The Hall–Kier alpha value is -1.34. The molecule has 0 saturated carbocycles. The van der Waals surface area contributed by atoms with Gasteiger partial charge < -0.3 is 5.11 Å². The Balaban J connectivity index is 2.28. The predicted octanol–water partition coefficient (Wildman–Crippen LogP) is 3.22. The Labute approximate surface area is 131 Å². The van der Waals surface area contributed by atoms with Crippen LogP contribution in [0.3, 0.4) is 0 Å². The second kappa shape index (κ2) is 7.61. The molecule has 0 atom stereocenters. The third-order valence-electron chi connectivity index (χ3n) is 3.09. The van der Waals surface area contributed by atoms with Gasteiger partial charge in [0.25, 0.3) is 5.56 Å². The molecule has 5 nitrogen and oxygen atoms in total. The smallest absolute Gasteiger partial charge is 0.313 e. The molecular weight excluding hydrogens is 308 g/mol. The molecule has 0 aliphatic carbocycles. The highest BCUT2D eigenvalue weighted by Crippen LogP contribution is 2.21. The van der Waals surface area contributed by atoms with Crippen LogP contribution >= 0.6 is 23.1 Å². The van der Waals surface area contributed by atoms with E-state index in [1.54, 1.807) is 10.6 Å². The average molecular weight is 326 g/mol. The van der Waals surface area contributed by atoms with E-state index >= 15 is 0 Å². The van der Waals surface area contributed by atoms with Gasteiger partial charge in [-0.3, -0.25) is 14.2 Å². The van der Waals surface area contributed by atoms with Crippen molar-refractivity contribution in [2.24, 2.45) is 0 Å². The highest BCUT2D eigenvalue weighted by Gasteiger charge is 2.13. The Morgan fingerprint density at radius 3 is 2.95 bits per heavy atom. The minimum Gasteiger partial charge on any atom is -0.481 e. The SMILES string of the molecule is CCCCCCn1c(SCC(=O)O)nc2ccsc2c1=O. The Bertz CT molecular complexity index is 678. The molecule has 0 saturated heterocycles. The van der Waals surface area contributed by atoms with Gasteiger partial charge in [0, 0.05) is 6.54 Å². The van der Waals surface area contributed by atoms with Crippen molar-refractivity contribution in [3.63, 3.8) is 0 Å². The Kier molecular flexibility index (Phi) is 5.81. The molecule has 21 heavy (non-hydrogen) atoms. The summed E-state index contributed by atoms with van der Waals surface area (Å²) >= 11 is 2.49. The first-order chi connectivity index (χ1) is 10.1. The second-order valence-corrected chi connectivity index (χ2v) is 6.59. The predicted molar refractivity (Wildman–Crippen MR) is 86.4 cm³/mol. The van der Waals surface area contributed by atoms with Crippen molar-refractivity contribution in [1.29, 1.82) is 0 Å². The zero-order chi connectivity index (χ0) is 15.2. The third-order valence-corrected chi connectivity index (χ3v) is 4.94. The summed E-state index contributed by atoms with van der Waals surface area (Å²) in [5.41, 5.74) is 0.599. The highest BCUT2D eigenvalue weighted by molar-refractivity contribution is 7.99. The van der Waals surface area contributed by atoms with Crippen molar-refractivity contribution in [2.45, 2.75) is 44.3 Å². The first-order valence-corrected chi connectivity index (χ1v) is 8.82. The summed E-state index contributed by atoms with van der Waals surface area (Å²) in [6.45, 7) is 2.74. The van der Waals surface area contributed by atoms with Crippen LogP contribution in [0.1, 0.15) is 32.6 Å². The molecule has 2 rings (SSSR count). The lowest BCUT2D eigenvalue weighted by Gasteiger charge is -2.11. The molecule has 0 aliphatic heterocycles. The van der Waals surface area contributed by atoms with E-state index in [2.05, 4.69) is 11.9 Å². The van der Waals surface area contributed by atoms with Crippen LogP contribution in [0.25, 0.3) is 10.2 Å². The summed E-state index contributed by atoms with van der Waals surface area (Å²) in [6, 6.07) is 1.80. The first kappa shape index (κ1) is 16.0. The molecule has 0 amide bonds. The van der Waals surface area contributed by atoms with Crippen molar-refractivity contribution in [2.75, 3.05) is 5.75 Å². The van der Waals surface area contributed by atoms with E-state index in [0.717, 1.165) is 37.4 Å². The van der Waals surface area contributed by atoms with Crippen LogP contribution < -0.4 is 5.56 Å².